The molecule has 144 valence electrons. The predicted molar refractivity (Wildman–Crippen MR) is 95.2 cm³/mol. The maximum Gasteiger partial charge on any atom is 0.224 e. The maximum atomic E-state index is 12.4. The van der Waals surface area contributed by atoms with Crippen molar-refractivity contribution in [3.63, 3.8) is 0 Å². The van der Waals surface area contributed by atoms with Crippen LogP contribution in [0.4, 0.5) is 0 Å². The number of nitrogens with zero attached hydrogens (tertiary/aromatic N) is 2. The fourth-order valence-electron chi connectivity index (χ4n) is 3.42. The second-order valence-electron chi connectivity index (χ2n) is 6.78. The summed E-state index contributed by atoms with van der Waals surface area (Å²) >= 11 is 0. The number of hydrogen-bond acceptors (Lipinski definition) is 5. The molecule has 2 aliphatic rings. The van der Waals surface area contributed by atoms with Gasteiger partial charge >= 0.3 is 0 Å². The van der Waals surface area contributed by atoms with E-state index in [1.165, 1.54) is 4.31 Å². The molecule has 9 heteroatoms. The highest BCUT2D eigenvalue weighted by atomic mass is 32.2. The molecule has 2 amide bonds. The fourth-order valence-corrected chi connectivity index (χ4v) is 5.00. The quantitative estimate of drug-likeness (QED) is 0.595. The first-order valence-corrected chi connectivity index (χ1v) is 10.8. The summed E-state index contributed by atoms with van der Waals surface area (Å²) in [7, 11) is -3.23. The zero-order valence-electron chi connectivity index (χ0n) is 14.8. The Kier molecular flexibility index (Phi) is 7.64. The van der Waals surface area contributed by atoms with Gasteiger partial charge < -0.3 is 16.0 Å². The number of rotatable bonds is 8. The highest BCUT2D eigenvalue weighted by Gasteiger charge is 2.29. The summed E-state index contributed by atoms with van der Waals surface area (Å²) in [6.07, 6.45) is 3.93. The van der Waals surface area contributed by atoms with E-state index < -0.39 is 10.0 Å². The second-order valence-corrected chi connectivity index (χ2v) is 8.87. The Morgan fingerprint density at radius 2 is 1.84 bits per heavy atom. The predicted octanol–water partition coefficient (Wildman–Crippen LogP) is -0.494. The average Bonchev–Trinajstić information content (AvgIpc) is 3.15. The molecule has 2 aliphatic heterocycles. The summed E-state index contributed by atoms with van der Waals surface area (Å²) in [4.78, 5) is 26.1. The number of carbonyl (C=O) groups is 2. The number of hydrogen-bond donors (Lipinski definition) is 2. The lowest BCUT2D eigenvalue weighted by Crippen LogP contribution is -2.46. The number of nitrogens with one attached hydrogen (secondary N) is 1. The lowest BCUT2D eigenvalue weighted by atomic mass is 9.97. The highest BCUT2D eigenvalue weighted by molar-refractivity contribution is 7.89. The van der Waals surface area contributed by atoms with Crippen LogP contribution < -0.4 is 11.1 Å². The van der Waals surface area contributed by atoms with Crippen molar-refractivity contribution in [2.24, 2.45) is 11.7 Å². The van der Waals surface area contributed by atoms with Gasteiger partial charge in [0, 0.05) is 45.7 Å². The summed E-state index contributed by atoms with van der Waals surface area (Å²) in [5.41, 5.74) is 5.39. The van der Waals surface area contributed by atoms with E-state index in [0.717, 1.165) is 25.7 Å². The SMILES string of the molecule is NCCNC(=O)C1CCCN(C(=O)CCCS(=O)(=O)N2CCCC2)C1. The minimum absolute atomic E-state index is 0.0208. The zero-order valence-corrected chi connectivity index (χ0v) is 15.6. The Morgan fingerprint density at radius 3 is 2.52 bits per heavy atom. The molecule has 2 heterocycles. The number of amides is 2. The first-order valence-electron chi connectivity index (χ1n) is 9.17. The molecule has 2 saturated heterocycles. The number of likely N-dealkylation sites (tertiary alicyclic amines) is 1. The second kappa shape index (κ2) is 9.49. The van der Waals surface area contributed by atoms with E-state index in [9.17, 15) is 18.0 Å². The molecule has 25 heavy (non-hydrogen) atoms. The van der Waals surface area contributed by atoms with Gasteiger partial charge in [0.25, 0.3) is 0 Å². The molecule has 0 bridgehead atoms. The van der Waals surface area contributed by atoms with Crippen LogP contribution in [-0.4, -0.2) is 74.5 Å². The molecule has 0 aromatic carbocycles. The van der Waals surface area contributed by atoms with Gasteiger partial charge in [-0.05, 0) is 32.1 Å². The topological polar surface area (TPSA) is 113 Å². The average molecular weight is 375 g/mol. The van der Waals surface area contributed by atoms with Crippen LogP contribution in [0, 0.1) is 5.92 Å². The van der Waals surface area contributed by atoms with Gasteiger partial charge in [0.15, 0.2) is 0 Å². The lowest BCUT2D eigenvalue weighted by Gasteiger charge is -2.32. The van der Waals surface area contributed by atoms with Crippen LogP contribution in [0.3, 0.4) is 0 Å². The summed E-state index contributed by atoms with van der Waals surface area (Å²) in [6.45, 7) is 3.08. The Bertz CT molecular complexity index is 560. The third-order valence-corrected chi connectivity index (χ3v) is 6.80. The molecule has 8 nitrogen and oxygen atoms in total. The van der Waals surface area contributed by atoms with Crippen molar-refractivity contribution in [2.45, 2.75) is 38.5 Å². The Morgan fingerprint density at radius 1 is 1.12 bits per heavy atom. The molecular weight excluding hydrogens is 344 g/mol. The largest absolute Gasteiger partial charge is 0.355 e. The molecule has 3 N–H and O–H groups in total. The van der Waals surface area contributed by atoms with E-state index in [1.807, 2.05) is 0 Å². The molecule has 0 saturated carbocycles. The lowest BCUT2D eigenvalue weighted by molar-refractivity contribution is -0.135. The molecule has 0 aromatic heterocycles. The number of sulfonamides is 1. The molecule has 0 radical (unpaired) electrons. The Balaban J connectivity index is 1.75. The molecule has 0 aromatic rings. The van der Waals surface area contributed by atoms with Crippen LogP contribution in [0.15, 0.2) is 0 Å². The van der Waals surface area contributed by atoms with E-state index in [-0.39, 0.29) is 29.9 Å². The van der Waals surface area contributed by atoms with E-state index in [4.69, 9.17) is 5.73 Å². The van der Waals surface area contributed by atoms with Crippen molar-refractivity contribution in [3.8, 4) is 0 Å². The fraction of sp³-hybridized carbons (Fsp3) is 0.875. The van der Waals surface area contributed by atoms with Gasteiger partial charge in [0.05, 0.1) is 11.7 Å². The zero-order chi connectivity index (χ0) is 18.3. The van der Waals surface area contributed by atoms with Crippen molar-refractivity contribution in [2.75, 3.05) is 45.0 Å². The Labute approximate surface area is 150 Å². The minimum atomic E-state index is -3.23. The van der Waals surface area contributed by atoms with Gasteiger partial charge in [0.1, 0.15) is 0 Å². The van der Waals surface area contributed by atoms with Crippen LogP contribution >= 0.6 is 0 Å². The smallest absolute Gasteiger partial charge is 0.224 e. The van der Waals surface area contributed by atoms with E-state index >= 15 is 0 Å². The summed E-state index contributed by atoms with van der Waals surface area (Å²) in [5, 5.41) is 2.77. The molecule has 1 atom stereocenters. The summed E-state index contributed by atoms with van der Waals surface area (Å²) in [6, 6.07) is 0. The van der Waals surface area contributed by atoms with Gasteiger partial charge in [-0.1, -0.05) is 0 Å². The van der Waals surface area contributed by atoms with Crippen molar-refractivity contribution >= 4 is 21.8 Å². The van der Waals surface area contributed by atoms with Gasteiger partial charge in [-0.25, -0.2) is 12.7 Å². The van der Waals surface area contributed by atoms with Crippen LogP contribution in [0.2, 0.25) is 0 Å². The number of carbonyl (C=O) groups excluding carboxylic acids is 2. The monoisotopic (exact) mass is 374 g/mol. The van der Waals surface area contributed by atoms with Crippen molar-refractivity contribution in [1.29, 1.82) is 0 Å². The third kappa shape index (κ3) is 5.93. The van der Waals surface area contributed by atoms with Gasteiger partial charge in [-0.15, -0.1) is 0 Å². The molecule has 0 aliphatic carbocycles. The number of piperidine rings is 1. The minimum Gasteiger partial charge on any atom is -0.355 e. The van der Waals surface area contributed by atoms with E-state index in [2.05, 4.69) is 5.32 Å². The maximum absolute atomic E-state index is 12.4. The van der Waals surface area contributed by atoms with Gasteiger partial charge in [-0.2, -0.15) is 0 Å². The van der Waals surface area contributed by atoms with Crippen molar-refractivity contribution < 1.29 is 18.0 Å². The molecule has 1 unspecified atom stereocenters. The summed E-state index contributed by atoms with van der Waals surface area (Å²) < 4.78 is 25.9. The van der Waals surface area contributed by atoms with Crippen LogP contribution in [-0.2, 0) is 19.6 Å². The number of nitrogens with two attached hydrogens (primary N) is 1. The van der Waals surface area contributed by atoms with E-state index in [0.29, 0.717) is 45.7 Å². The first-order chi connectivity index (χ1) is 11.9. The Hall–Kier alpha value is -1.19. The molecular formula is C16H30N4O4S. The van der Waals surface area contributed by atoms with Gasteiger partial charge in [0.2, 0.25) is 21.8 Å². The standard InChI is InChI=1S/C16H30N4O4S/c17-7-8-18-16(22)14-5-3-9-19(13-14)15(21)6-4-12-25(23,24)20-10-1-2-11-20/h14H,1-13,17H2,(H,18,22). The highest BCUT2D eigenvalue weighted by Crippen LogP contribution is 2.19. The summed E-state index contributed by atoms with van der Waals surface area (Å²) in [5.74, 6) is -0.294. The van der Waals surface area contributed by atoms with Crippen molar-refractivity contribution in [1.82, 2.24) is 14.5 Å². The van der Waals surface area contributed by atoms with E-state index in [1.54, 1.807) is 4.90 Å². The molecule has 2 rings (SSSR count). The first kappa shape index (κ1) is 20.1. The van der Waals surface area contributed by atoms with Gasteiger partial charge in [-0.3, -0.25) is 9.59 Å². The third-order valence-electron chi connectivity index (χ3n) is 4.84. The normalized spacial score (nSPS) is 22.1. The van der Waals surface area contributed by atoms with Crippen molar-refractivity contribution in [3.05, 3.63) is 0 Å². The molecule has 2 fully saturated rings. The van der Waals surface area contributed by atoms with Crippen LogP contribution in [0.25, 0.3) is 0 Å². The van der Waals surface area contributed by atoms with Crippen LogP contribution in [0.5, 0.6) is 0 Å². The molecule has 0 spiro atoms. The van der Waals surface area contributed by atoms with Crippen LogP contribution in [0.1, 0.15) is 38.5 Å².